The molecule has 5 heteroatoms. The molecule has 22 heavy (non-hydrogen) atoms. The van der Waals surface area contributed by atoms with Crippen molar-refractivity contribution in [2.75, 3.05) is 60.4 Å². The third-order valence-electron chi connectivity index (χ3n) is 5.23. The van der Waals surface area contributed by atoms with Crippen molar-refractivity contribution in [1.82, 2.24) is 20.0 Å². The number of rotatable bonds is 5. The molecule has 2 fully saturated rings. The molecule has 0 amide bonds. The average molecular weight is 310 g/mol. The molecule has 2 unspecified atom stereocenters. The minimum Gasteiger partial charge on any atom is -0.356 e. The van der Waals surface area contributed by atoms with Gasteiger partial charge < -0.3 is 15.1 Å². The second-order valence-electron chi connectivity index (χ2n) is 7.00. The number of piperidine rings is 1. The molecular weight excluding hydrogens is 274 g/mol. The van der Waals surface area contributed by atoms with Gasteiger partial charge in [-0.2, -0.15) is 0 Å². The van der Waals surface area contributed by atoms with E-state index in [9.17, 15) is 0 Å². The van der Waals surface area contributed by atoms with Crippen molar-refractivity contribution in [1.29, 1.82) is 0 Å². The lowest BCUT2D eigenvalue weighted by atomic mass is 9.98. The first-order chi connectivity index (χ1) is 10.6. The highest BCUT2D eigenvalue weighted by atomic mass is 15.3. The molecule has 0 spiro atoms. The molecule has 0 bridgehead atoms. The van der Waals surface area contributed by atoms with E-state index in [0.717, 1.165) is 25.0 Å². The van der Waals surface area contributed by atoms with Crippen LogP contribution in [-0.4, -0.2) is 87.1 Å². The molecule has 0 aliphatic carbocycles. The zero-order valence-corrected chi connectivity index (χ0v) is 15.0. The molecule has 1 N–H and O–H groups in total. The number of nitrogens with one attached hydrogen (secondary N) is 1. The van der Waals surface area contributed by atoms with E-state index in [4.69, 9.17) is 0 Å². The van der Waals surface area contributed by atoms with Gasteiger partial charge in [0.25, 0.3) is 0 Å². The first-order valence-corrected chi connectivity index (χ1v) is 8.98. The highest BCUT2D eigenvalue weighted by Crippen LogP contribution is 2.17. The number of hydrogen-bond acceptors (Lipinski definition) is 3. The van der Waals surface area contributed by atoms with E-state index >= 15 is 0 Å². The zero-order chi connectivity index (χ0) is 15.9. The molecule has 2 heterocycles. The van der Waals surface area contributed by atoms with Crippen LogP contribution < -0.4 is 5.32 Å². The zero-order valence-electron chi connectivity index (χ0n) is 15.0. The molecule has 0 radical (unpaired) electrons. The largest absolute Gasteiger partial charge is 0.356 e. The molecule has 2 aliphatic heterocycles. The fourth-order valence-corrected chi connectivity index (χ4v) is 3.98. The van der Waals surface area contributed by atoms with Crippen LogP contribution in [0.1, 0.15) is 32.6 Å². The lowest BCUT2D eigenvalue weighted by Gasteiger charge is -2.32. The molecule has 0 aromatic heterocycles. The first-order valence-electron chi connectivity index (χ1n) is 8.98. The Morgan fingerprint density at radius 3 is 2.73 bits per heavy atom. The number of likely N-dealkylation sites (N-methyl/N-ethyl adjacent to an activating group) is 2. The molecule has 0 aromatic rings. The summed E-state index contributed by atoms with van der Waals surface area (Å²) in [4.78, 5) is 11.8. The molecular formula is C17H35N5. The van der Waals surface area contributed by atoms with Crippen LogP contribution in [0.25, 0.3) is 0 Å². The van der Waals surface area contributed by atoms with E-state index < -0.39 is 0 Å². The van der Waals surface area contributed by atoms with E-state index in [2.05, 4.69) is 46.0 Å². The number of likely N-dealkylation sites (tertiary alicyclic amines) is 2. The summed E-state index contributed by atoms with van der Waals surface area (Å²) in [5.41, 5.74) is 0. The van der Waals surface area contributed by atoms with Gasteiger partial charge in [0.05, 0.1) is 0 Å². The van der Waals surface area contributed by atoms with Crippen LogP contribution in [0, 0.1) is 5.92 Å². The second kappa shape index (κ2) is 8.73. The molecule has 0 aromatic carbocycles. The van der Waals surface area contributed by atoms with Crippen molar-refractivity contribution < 1.29 is 0 Å². The van der Waals surface area contributed by atoms with E-state index in [-0.39, 0.29) is 0 Å². The SMILES string of the molecule is CCN1CCCC1CN(C)C(=NC)NCC1CCCN(C)C1. The quantitative estimate of drug-likeness (QED) is 0.613. The summed E-state index contributed by atoms with van der Waals surface area (Å²) in [5.74, 6) is 1.80. The van der Waals surface area contributed by atoms with Gasteiger partial charge >= 0.3 is 0 Å². The number of hydrogen-bond donors (Lipinski definition) is 1. The van der Waals surface area contributed by atoms with Gasteiger partial charge in [0.15, 0.2) is 5.96 Å². The summed E-state index contributed by atoms with van der Waals surface area (Å²) in [7, 11) is 6.30. The Morgan fingerprint density at radius 1 is 1.27 bits per heavy atom. The van der Waals surface area contributed by atoms with Gasteiger partial charge in [-0.25, -0.2) is 0 Å². The van der Waals surface area contributed by atoms with Crippen LogP contribution >= 0.6 is 0 Å². The lowest BCUT2D eigenvalue weighted by molar-refractivity contribution is 0.208. The van der Waals surface area contributed by atoms with Gasteiger partial charge in [-0.15, -0.1) is 0 Å². The normalized spacial score (nSPS) is 28.1. The third kappa shape index (κ3) is 4.85. The van der Waals surface area contributed by atoms with Crippen LogP contribution in [0.4, 0.5) is 0 Å². The van der Waals surface area contributed by atoms with Crippen molar-refractivity contribution >= 4 is 5.96 Å². The first kappa shape index (κ1) is 17.5. The topological polar surface area (TPSA) is 34.1 Å². The van der Waals surface area contributed by atoms with Gasteiger partial charge in [-0.05, 0) is 58.3 Å². The lowest BCUT2D eigenvalue weighted by Crippen LogP contribution is -2.48. The molecule has 5 nitrogen and oxygen atoms in total. The highest BCUT2D eigenvalue weighted by molar-refractivity contribution is 5.79. The number of aliphatic imine (C=N–C) groups is 1. The summed E-state index contributed by atoms with van der Waals surface area (Å²) >= 11 is 0. The summed E-state index contributed by atoms with van der Waals surface area (Å²) < 4.78 is 0. The Hall–Kier alpha value is -0.810. The Balaban J connectivity index is 1.78. The monoisotopic (exact) mass is 309 g/mol. The van der Waals surface area contributed by atoms with Crippen LogP contribution in [0.15, 0.2) is 4.99 Å². The van der Waals surface area contributed by atoms with E-state index in [1.165, 1.54) is 51.9 Å². The summed E-state index contributed by atoms with van der Waals surface area (Å²) in [6.07, 6.45) is 5.32. The van der Waals surface area contributed by atoms with Gasteiger partial charge in [-0.3, -0.25) is 9.89 Å². The maximum atomic E-state index is 4.48. The van der Waals surface area contributed by atoms with Crippen LogP contribution in [0.5, 0.6) is 0 Å². The summed E-state index contributed by atoms with van der Waals surface area (Å²) in [5, 5.41) is 3.60. The van der Waals surface area contributed by atoms with Gasteiger partial charge in [0, 0.05) is 39.8 Å². The van der Waals surface area contributed by atoms with Crippen molar-refractivity contribution in [3.8, 4) is 0 Å². The average Bonchev–Trinajstić information content (AvgIpc) is 2.95. The van der Waals surface area contributed by atoms with Crippen molar-refractivity contribution in [2.24, 2.45) is 10.9 Å². The minimum absolute atomic E-state index is 0.689. The minimum atomic E-state index is 0.689. The van der Waals surface area contributed by atoms with Crippen molar-refractivity contribution in [3.05, 3.63) is 0 Å². The van der Waals surface area contributed by atoms with Crippen LogP contribution in [-0.2, 0) is 0 Å². The van der Waals surface area contributed by atoms with E-state index in [1.807, 2.05) is 7.05 Å². The van der Waals surface area contributed by atoms with Crippen molar-refractivity contribution in [2.45, 2.75) is 38.6 Å². The van der Waals surface area contributed by atoms with Crippen LogP contribution in [0.2, 0.25) is 0 Å². The second-order valence-corrected chi connectivity index (χ2v) is 7.00. The molecule has 128 valence electrons. The highest BCUT2D eigenvalue weighted by Gasteiger charge is 2.25. The van der Waals surface area contributed by atoms with Gasteiger partial charge in [0.1, 0.15) is 0 Å². The predicted octanol–water partition coefficient (Wildman–Crippen LogP) is 1.32. The standard InChI is InChI=1S/C17H35N5/c1-5-22-11-7-9-16(22)14-21(4)17(18-2)19-12-15-8-6-10-20(3)13-15/h15-16H,5-14H2,1-4H3,(H,18,19). The number of guanidine groups is 1. The molecule has 2 rings (SSSR count). The maximum Gasteiger partial charge on any atom is 0.193 e. The third-order valence-corrected chi connectivity index (χ3v) is 5.23. The van der Waals surface area contributed by atoms with Gasteiger partial charge in [0.2, 0.25) is 0 Å². The molecule has 2 saturated heterocycles. The summed E-state index contributed by atoms with van der Waals surface area (Å²) in [6, 6.07) is 0.689. The Labute approximate surface area is 136 Å². The predicted molar refractivity (Wildman–Crippen MR) is 94.5 cm³/mol. The Kier molecular flexibility index (Phi) is 6.96. The van der Waals surface area contributed by atoms with E-state index in [1.54, 1.807) is 0 Å². The fraction of sp³-hybridized carbons (Fsp3) is 0.941. The smallest absolute Gasteiger partial charge is 0.193 e. The van der Waals surface area contributed by atoms with Crippen molar-refractivity contribution in [3.63, 3.8) is 0 Å². The Morgan fingerprint density at radius 2 is 2.05 bits per heavy atom. The Bertz CT molecular complexity index is 357. The van der Waals surface area contributed by atoms with Gasteiger partial charge in [-0.1, -0.05) is 6.92 Å². The number of nitrogens with zero attached hydrogens (tertiary/aromatic N) is 4. The molecule has 0 saturated carbocycles. The fourth-order valence-electron chi connectivity index (χ4n) is 3.98. The summed E-state index contributed by atoms with van der Waals surface area (Å²) in [6.45, 7) is 9.28. The molecule has 2 aliphatic rings. The van der Waals surface area contributed by atoms with E-state index in [0.29, 0.717) is 6.04 Å². The maximum absolute atomic E-state index is 4.48. The molecule has 2 atom stereocenters. The van der Waals surface area contributed by atoms with Crippen LogP contribution in [0.3, 0.4) is 0 Å².